The number of nitrogens with two attached hydrogens (primary N) is 1. The fourth-order valence-electron chi connectivity index (χ4n) is 1.52. The van der Waals surface area contributed by atoms with Crippen LogP contribution in [0.2, 0.25) is 0 Å². The first-order valence-electron chi connectivity index (χ1n) is 5.71. The molecule has 0 radical (unpaired) electrons. The number of anilines is 1. The largest absolute Gasteiger partial charge is 0.399 e. The molecule has 0 aromatic heterocycles. The molecule has 0 saturated carbocycles. The highest BCUT2D eigenvalue weighted by atomic mass is 32.2. The van der Waals surface area contributed by atoms with Crippen LogP contribution in [-0.2, 0) is 10.0 Å². The Bertz CT molecular complexity index is 529. The van der Waals surface area contributed by atoms with Gasteiger partial charge >= 0.3 is 0 Å². The van der Waals surface area contributed by atoms with Crippen molar-refractivity contribution in [1.29, 1.82) is 0 Å². The Morgan fingerprint density at radius 1 is 1.28 bits per heavy atom. The molecule has 1 aromatic carbocycles. The number of nitrogens with zero attached hydrogens (tertiary/aromatic N) is 1. The molecule has 1 aromatic rings. The van der Waals surface area contributed by atoms with Gasteiger partial charge in [-0.25, -0.2) is 12.8 Å². The van der Waals surface area contributed by atoms with Crippen molar-refractivity contribution in [1.82, 2.24) is 4.31 Å². The van der Waals surface area contributed by atoms with Crippen LogP contribution < -0.4 is 5.73 Å². The Morgan fingerprint density at radius 2 is 1.83 bits per heavy atom. The van der Waals surface area contributed by atoms with Crippen LogP contribution in [0.1, 0.15) is 20.8 Å². The summed E-state index contributed by atoms with van der Waals surface area (Å²) in [5.74, 6) is -0.681. The minimum atomic E-state index is -3.83. The van der Waals surface area contributed by atoms with Gasteiger partial charge in [-0.15, -0.1) is 0 Å². The lowest BCUT2D eigenvalue weighted by Crippen LogP contribution is -2.38. The third-order valence-electron chi connectivity index (χ3n) is 3.15. The SMILES string of the molecule is CC(C)C(C)N(C)S(=O)(=O)c1ccc(N)cc1F. The van der Waals surface area contributed by atoms with Crippen molar-refractivity contribution in [3.8, 4) is 0 Å². The molecule has 1 atom stereocenters. The lowest BCUT2D eigenvalue weighted by atomic mass is 10.1. The number of sulfonamides is 1. The first kappa shape index (κ1) is 14.9. The minimum absolute atomic E-state index is 0.140. The van der Waals surface area contributed by atoms with E-state index >= 15 is 0 Å². The highest BCUT2D eigenvalue weighted by Gasteiger charge is 2.29. The molecule has 102 valence electrons. The summed E-state index contributed by atoms with van der Waals surface area (Å²) < 4.78 is 39.4. The second kappa shape index (κ2) is 5.24. The van der Waals surface area contributed by atoms with E-state index in [1.807, 2.05) is 13.8 Å². The zero-order valence-corrected chi connectivity index (χ0v) is 11.8. The summed E-state index contributed by atoms with van der Waals surface area (Å²) in [7, 11) is -2.37. The second-order valence-electron chi connectivity index (χ2n) is 4.70. The van der Waals surface area contributed by atoms with E-state index in [9.17, 15) is 12.8 Å². The quantitative estimate of drug-likeness (QED) is 0.855. The Kier molecular flexibility index (Phi) is 4.34. The highest BCUT2D eigenvalue weighted by molar-refractivity contribution is 7.89. The van der Waals surface area contributed by atoms with Gasteiger partial charge in [-0.2, -0.15) is 4.31 Å². The lowest BCUT2D eigenvalue weighted by Gasteiger charge is -2.27. The summed E-state index contributed by atoms with van der Waals surface area (Å²) in [6.45, 7) is 5.61. The predicted octanol–water partition coefficient (Wildman–Crippen LogP) is 2.07. The molecular weight excluding hydrogens is 255 g/mol. The molecule has 18 heavy (non-hydrogen) atoms. The van der Waals surface area contributed by atoms with Crippen LogP contribution in [0.3, 0.4) is 0 Å². The molecule has 2 N–H and O–H groups in total. The monoisotopic (exact) mass is 274 g/mol. The van der Waals surface area contributed by atoms with Crippen LogP contribution in [0.5, 0.6) is 0 Å². The molecule has 0 spiro atoms. The minimum Gasteiger partial charge on any atom is -0.399 e. The third kappa shape index (κ3) is 2.81. The number of nitrogen functional groups attached to an aromatic ring is 1. The van der Waals surface area contributed by atoms with E-state index in [0.717, 1.165) is 6.07 Å². The molecule has 0 saturated heterocycles. The second-order valence-corrected chi connectivity index (χ2v) is 6.66. The fraction of sp³-hybridized carbons (Fsp3) is 0.500. The first-order valence-corrected chi connectivity index (χ1v) is 7.15. The van der Waals surface area contributed by atoms with Crippen LogP contribution in [-0.4, -0.2) is 25.8 Å². The number of benzene rings is 1. The van der Waals surface area contributed by atoms with Crippen molar-refractivity contribution >= 4 is 15.7 Å². The van der Waals surface area contributed by atoms with E-state index in [1.165, 1.54) is 23.5 Å². The molecule has 1 unspecified atom stereocenters. The summed E-state index contributed by atoms with van der Waals surface area (Å²) in [6, 6.07) is 3.38. The smallest absolute Gasteiger partial charge is 0.245 e. The van der Waals surface area contributed by atoms with E-state index in [0.29, 0.717) is 0 Å². The van der Waals surface area contributed by atoms with Gasteiger partial charge in [0.25, 0.3) is 0 Å². The van der Waals surface area contributed by atoms with Gasteiger partial charge in [-0.05, 0) is 31.0 Å². The maximum Gasteiger partial charge on any atom is 0.245 e. The summed E-state index contributed by atoms with van der Waals surface area (Å²) >= 11 is 0. The third-order valence-corrected chi connectivity index (χ3v) is 5.13. The molecule has 0 heterocycles. The molecule has 4 nitrogen and oxygen atoms in total. The first-order chi connectivity index (χ1) is 8.17. The van der Waals surface area contributed by atoms with Gasteiger partial charge in [0.15, 0.2) is 0 Å². The molecule has 0 aliphatic heterocycles. The van der Waals surface area contributed by atoms with Gasteiger partial charge in [0, 0.05) is 18.8 Å². The van der Waals surface area contributed by atoms with E-state index in [1.54, 1.807) is 6.92 Å². The van der Waals surface area contributed by atoms with Crippen LogP contribution in [0.25, 0.3) is 0 Å². The molecule has 6 heteroatoms. The Hall–Kier alpha value is -1.14. The van der Waals surface area contributed by atoms with Crippen molar-refractivity contribution in [3.05, 3.63) is 24.0 Å². The molecule has 1 rings (SSSR count). The molecule has 0 amide bonds. The van der Waals surface area contributed by atoms with Crippen LogP contribution in [0, 0.1) is 11.7 Å². The van der Waals surface area contributed by atoms with Crippen LogP contribution >= 0.6 is 0 Å². The fourth-order valence-corrected chi connectivity index (χ4v) is 3.06. The Balaban J connectivity index is 3.21. The van der Waals surface area contributed by atoms with Crippen LogP contribution in [0.4, 0.5) is 10.1 Å². The van der Waals surface area contributed by atoms with Crippen molar-refractivity contribution in [2.24, 2.45) is 5.92 Å². The topological polar surface area (TPSA) is 63.4 Å². The predicted molar refractivity (Wildman–Crippen MR) is 70.1 cm³/mol. The van der Waals surface area contributed by atoms with E-state index in [4.69, 9.17) is 5.73 Å². The summed E-state index contributed by atoms with van der Waals surface area (Å²) in [6.07, 6.45) is 0. The lowest BCUT2D eigenvalue weighted by molar-refractivity contribution is 0.314. The maximum atomic E-state index is 13.7. The Morgan fingerprint density at radius 3 is 2.28 bits per heavy atom. The summed E-state index contributed by atoms with van der Waals surface area (Å²) in [5, 5.41) is 0. The number of hydrogen-bond donors (Lipinski definition) is 1. The van der Waals surface area contributed by atoms with E-state index < -0.39 is 15.8 Å². The highest BCUT2D eigenvalue weighted by Crippen LogP contribution is 2.23. The zero-order chi connectivity index (χ0) is 14.1. The summed E-state index contributed by atoms with van der Waals surface area (Å²) in [5.41, 5.74) is 5.61. The standard InChI is InChI=1S/C12H19FN2O2S/c1-8(2)9(3)15(4)18(16,17)12-6-5-10(14)7-11(12)13/h5-9H,14H2,1-4H3. The Labute approximate surface area is 108 Å². The summed E-state index contributed by atoms with van der Waals surface area (Å²) in [4.78, 5) is -0.341. The maximum absolute atomic E-state index is 13.7. The average Bonchev–Trinajstić information content (AvgIpc) is 2.26. The van der Waals surface area contributed by atoms with Crippen molar-refractivity contribution in [2.75, 3.05) is 12.8 Å². The van der Waals surface area contributed by atoms with E-state index in [2.05, 4.69) is 0 Å². The van der Waals surface area contributed by atoms with E-state index in [-0.39, 0.29) is 22.5 Å². The van der Waals surface area contributed by atoms with Crippen molar-refractivity contribution < 1.29 is 12.8 Å². The molecular formula is C12H19FN2O2S. The van der Waals surface area contributed by atoms with Gasteiger partial charge in [0.1, 0.15) is 10.7 Å². The van der Waals surface area contributed by atoms with Gasteiger partial charge in [-0.1, -0.05) is 13.8 Å². The molecule has 0 fully saturated rings. The molecule has 0 bridgehead atoms. The van der Waals surface area contributed by atoms with Crippen molar-refractivity contribution in [2.45, 2.75) is 31.7 Å². The van der Waals surface area contributed by atoms with Crippen LogP contribution in [0.15, 0.2) is 23.1 Å². The molecule has 0 aliphatic rings. The average molecular weight is 274 g/mol. The number of halogens is 1. The molecule has 0 aliphatic carbocycles. The van der Waals surface area contributed by atoms with Gasteiger partial charge in [0.05, 0.1) is 0 Å². The zero-order valence-electron chi connectivity index (χ0n) is 11.0. The number of rotatable bonds is 4. The van der Waals surface area contributed by atoms with Gasteiger partial charge in [0.2, 0.25) is 10.0 Å². The number of hydrogen-bond acceptors (Lipinski definition) is 3. The van der Waals surface area contributed by atoms with Crippen molar-refractivity contribution in [3.63, 3.8) is 0 Å². The van der Waals surface area contributed by atoms with Gasteiger partial charge < -0.3 is 5.73 Å². The van der Waals surface area contributed by atoms with Gasteiger partial charge in [-0.3, -0.25) is 0 Å². The normalized spacial score (nSPS) is 14.2.